The predicted molar refractivity (Wildman–Crippen MR) is 104 cm³/mol. The molecule has 0 fully saturated rings. The molecule has 0 amide bonds. The molecule has 152 valence electrons. The van der Waals surface area contributed by atoms with Crippen LogP contribution in [0.2, 0.25) is 0 Å². The van der Waals surface area contributed by atoms with Crippen LogP contribution < -0.4 is 10.7 Å². The molecule has 30 heavy (non-hydrogen) atoms. The van der Waals surface area contributed by atoms with Gasteiger partial charge in [-0.1, -0.05) is 6.07 Å². The van der Waals surface area contributed by atoms with Crippen LogP contribution in [-0.2, 0) is 13.1 Å². The Hall–Kier alpha value is -3.46. The van der Waals surface area contributed by atoms with Crippen molar-refractivity contribution in [2.75, 3.05) is 0 Å². The van der Waals surface area contributed by atoms with E-state index < -0.39 is 17.5 Å². The second-order valence-electron chi connectivity index (χ2n) is 7.28. The average molecular weight is 411 g/mol. The number of nitrogens with zero attached hydrogens (tertiary/aromatic N) is 3. The van der Waals surface area contributed by atoms with Crippen molar-refractivity contribution < 1.29 is 13.2 Å². The lowest BCUT2D eigenvalue weighted by molar-refractivity contribution is 0.370. The highest BCUT2D eigenvalue weighted by atomic mass is 19.2. The molecule has 0 aliphatic carbocycles. The third kappa shape index (κ3) is 2.98. The normalized spacial score (nSPS) is 16.1. The van der Waals surface area contributed by atoms with Gasteiger partial charge in [-0.25, -0.2) is 22.8 Å². The largest absolute Gasteiger partial charge is 0.351 e. The van der Waals surface area contributed by atoms with E-state index in [0.29, 0.717) is 47.1 Å². The van der Waals surface area contributed by atoms with Crippen molar-refractivity contribution >= 4 is 10.9 Å². The van der Waals surface area contributed by atoms with Crippen LogP contribution >= 0.6 is 0 Å². The number of H-pyrrole nitrogens is 1. The topological polar surface area (TPSA) is 75.6 Å². The first kappa shape index (κ1) is 18.6. The molecule has 0 saturated carbocycles. The summed E-state index contributed by atoms with van der Waals surface area (Å²) in [7, 11) is 0. The van der Waals surface area contributed by atoms with Gasteiger partial charge in [0.1, 0.15) is 11.6 Å². The zero-order valence-electron chi connectivity index (χ0n) is 15.8. The minimum atomic E-state index is -0.903. The van der Waals surface area contributed by atoms with Crippen LogP contribution in [0.5, 0.6) is 0 Å². The zero-order valence-corrected chi connectivity index (χ0v) is 15.8. The first-order valence-corrected chi connectivity index (χ1v) is 9.35. The third-order valence-corrected chi connectivity index (χ3v) is 5.38. The number of hydrogen-bond donors (Lipinski definition) is 2. The standard InChI is InChI=1S/C21H16F3N5O/c1-10-19(26-16-5-3-12(22)7-13(16)20(10)30)21-27-18-8-25-17(9-29(18)28-21)11-2-4-14(23)15(24)6-11/h2-7,17,25H,8-9H2,1H3,(H,26,30). The van der Waals surface area contributed by atoms with E-state index in [1.54, 1.807) is 11.6 Å². The van der Waals surface area contributed by atoms with E-state index in [2.05, 4.69) is 20.4 Å². The number of nitrogens with one attached hydrogen (secondary N) is 2. The van der Waals surface area contributed by atoms with Gasteiger partial charge in [0, 0.05) is 10.9 Å². The Kier molecular flexibility index (Phi) is 4.21. The highest BCUT2D eigenvalue weighted by Gasteiger charge is 2.24. The summed E-state index contributed by atoms with van der Waals surface area (Å²) in [6.07, 6.45) is 0. The maximum Gasteiger partial charge on any atom is 0.198 e. The number of fused-ring (bicyclic) bond motifs is 2. The summed E-state index contributed by atoms with van der Waals surface area (Å²) in [6.45, 7) is 2.38. The fourth-order valence-corrected chi connectivity index (χ4v) is 3.74. The Morgan fingerprint density at radius 2 is 1.93 bits per heavy atom. The lowest BCUT2D eigenvalue weighted by Gasteiger charge is -2.24. The van der Waals surface area contributed by atoms with Gasteiger partial charge in [0.05, 0.1) is 30.3 Å². The highest BCUT2D eigenvalue weighted by Crippen LogP contribution is 2.25. The summed E-state index contributed by atoms with van der Waals surface area (Å²) in [4.78, 5) is 20.3. The van der Waals surface area contributed by atoms with Crippen molar-refractivity contribution in [2.45, 2.75) is 26.1 Å². The number of benzene rings is 2. The molecule has 9 heteroatoms. The summed E-state index contributed by atoms with van der Waals surface area (Å²) in [5.41, 5.74) is 1.66. The van der Waals surface area contributed by atoms with E-state index in [4.69, 9.17) is 0 Å². The molecule has 2 aromatic carbocycles. The van der Waals surface area contributed by atoms with Crippen LogP contribution in [0.3, 0.4) is 0 Å². The van der Waals surface area contributed by atoms with Crippen LogP contribution in [0.25, 0.3) is 22.4 Å². The maximum atomic E-state index is 13.6. The van der Waals surface area contributed by atoms with Crippen molar-refractivity contribution in [3.63, 3.8) is 0 Å². The third-order valence-electron chi connectivity index (χ3n) is 5.38. The summed E-state index contributed by atoms with van der Waals surface area (Å²) in [5.74, 6) is -1.28. The SMILES string of the molecule is Cc1c(-c2nc3n(n2)CC(c2ccc(F)c(F)c2)NC3)[nH]c2ccc(F)cc2c1=O. The van der Waals surface area contributed by atoms with E-state index in [1.165, 1.54) is 30.3 Å². The van der Waals surface area contributed by atoms with Gasteiger partial charge in [-0.15, -0.1) is 5.10 Å². The fraction of sp³-hybridized carbons (Fsp3) is 0.190. The van der Waals surface area contributed by atoms with E-state index in [0.717, 1.165) is 6.07 Å². The van der Waals surface area contributed by atoms with Gasteiger partial charge >= 0.3 is 0 Å². The van der Waals surface area contributed by atoms with Crippen molar-refractivity contribution in [2.24, 2.45) is 0 Å². The Labute approximate surface area is 168 Å². The molecule has 2 N–H and O–H groups in total. The summed E-state index contributed by atoms with van der Waals surface area (Å²) >= 11 is 0. The number of pyridine rings is 1. The van der Waals surface area contributed by atoms with Gasteiger partial charge in [-0.3, -0.25) is 4.79 Å². The molecule has 6 nitrogen and oxygen atoms in total. The van der Waals surface area contributed by atoms with Gasteiger partial charge in [0.15, 0.2) is 22.9 Å². The van der Waals surface area contributed by atoms with Gasteiger partial charge in [-0.2, -0.15) is 0 Å². The van der Waals surface area contributed by atoms with Gasteiger partial charge in [0.2, 0.25) is 0 Å². The van der Waals surface area contributed by atoms with Gasteiger partial charge in [-0.05, 0) is 42.8 Å². The average Bonchev–Trinajstić information content (AvgIpc) is 3.16. The van der Waals surface area contributed by atoms with Crippen molar-refractivity contribution in [1.82, 2.24) is 25.1 Å². The van der Waals surface area contributed by atoms with E-state index >= 15 is 0 Å². The second kappa shape index (κ2) is 6.81. The predicted octanol–water partition coefficient (Wildman–Crippen LogP) is 3.36. The van der Waals surface area contributed by atoms with E-state index in [9.17, 15) is 18.0 Å². The number of hydrogen-bond acceptors (Lipinski definition) is 4. The van der Waals surface area contributed by atoms with Crippen LogP contribution in [-0.4, -0.2) is 19.7 Å². The Morgan fingerprint density at radius 1 is 1.10 bits per heavy atom. The molecular weight excluding hydrogens is 395 g/mol. The Morgan fingerprint density at radius 3 is 2.73 bits per heavy atom. The van der Waals surface area contributed by atoms with Crippen LogP contribution in [0.1, 0.15) is 23.0 Å². The van der Waals surface area contributed by atoms with Crippen molar-refractivity contribution in [3.8, 4) is 11.5 Å². The smallest absolute Gasteiger partial charge is 0.198 e. The lowest BCUT2D eigenvalue weighted by Crippen LogP contribution is -2.33. The quantitative estimate of drug-likeness (QED) is 0.531. The van der Waals surface area contributed by atoms with Gasteiger partial charge < -0.3 is 10.3 Å². The minimum Gasteiger partial charge on any atom is -0.351 e. The molecule has 0 spiro atoms. The number of halogens is 3. The lowest BCUT2D eigenvalue weighted by atomic mass is 10.1. The van der Waals surface area contributed by atoms with Crippen molar-refractivity contribution in [3.05, 3.63) is 81.0 Å². The molecule has 1 unspecified atom stereocenters. The molecule has 5 rings (SSSR count). The summed E-state index contributed by atoms with van der Waals surface area (Å²) < 4.78 is 42.0. The molecule has 4 aromatic rings. The molecule has 1 atom stereocenters. The molecular formula is C21H16F3N5O. The fourth-order valence-electron chi connectivity index (χ4n) is 3.74. The summed E-state index contributed by atoms with van der Waals surface area (Å²) in [6, 6.07) is 7.52. The molecule has 2 aromatic heterocycles. The second-order valence-corrected chi connectivity index (χ2v) is 7.28. The van der Waals surface area contributed by atoms with Crippen LogP contribution in [0.15, 0.2) is 41.2 Å². The van der Waals surface area contributed by atoms with Crippen molar-refractivity contribution in [1.29, 1.82) is 0 Å². The first-order chi connectivity index (χ1) is 14.4. The van der Waals surface area contributed by atoms with E-state index in [1.807, 2.05) is 0 Å². The monoisotopic (exact) mass is 411 g/mol. The van der Waals surface area contributed by atoms with Gasteiger partial charge in [0.25, 0.3) is 0 Å². The molecule has 0 bridgehead atoms. The molecule has 0 saturated heterocycles. The molecule has 1 aliphatic rings. The molecule has 0 radical (unpaired) electrons. The maximum absolute atomic E-state index is 13.6. The highest BCUT2D eigenvalue weighted by molar-refractivity contribution is 5.82. The van der Waals surface area contributed by atoms with E-state index in [-0.39, 0.29) is 16.9 Å². The van der Waals surface area contributed by atoms with Crippen LogP contribution in [0, 0.1) is 24.4 Å². The minimum absolute atomic E-state index is 0.262. The number of aromatic nitrogens is 4. The first-order valence-electron chi connectivity index (χ1n) is 9.35. The summed E-state index contributed by atoms with van der Waals surface area (Å²) in [5, 5.41) is 8.02. The number of aromatic amines is 1. The molecule has 1 aliphatic heterocycles. The number of rotatable bonds is 2. The zero-order chi connectivity index (χ0) is 21.0. The molecule has 3 heterocycles. The Balaban J connectivity index is 1.53. The van der Waals surface area contributed by atoms with Crippen LogP contribution in [0.4, 0.5) is 13.2 Å². The Bertz CT molecular complexity index is 1360.